The highest BCUT2D eigenvalue weighted by molar-refractivity contribution is 6.74. The van der Waals surface area contributed by atoms with Gasteiger partial charge in [0, 0.05) is 12.4 Å². The van der Waals surface area contributed by atoms with E-state index in [0.717, 1.165) is 0 Å². The van der Waals surface area contributed by atoms with Crippen LogP contribution in [-0.2, 0) is 10.9 Å². The molecular formula is C14H20N4O2Si. The van der Waals surface area contributed by atoms with Crippen LogP contribution in [0.15, 0.2) is 24.4 Å². The van der Waals surface area contributed by atoms with Gasteiger partial charge in [-0.3, -0.25) is 4.98 Å². The maximum absolute atomic E-state index is 12.3. The number of carbonyl (C=O) groups excluding carboxylic acids is 1. The van der Waals surface area contributed by atoms with Crippen LogP contribution in [0.25, 0.3) is 11.4 Å². The SMILES string of the molecule is CCOC(=O)c1c(-c2ccccn2)nnn1C[Si](C)(C)C. The first kappa shape index (κ1) is 15.4. The highest BCUT2D eigenvalue weighted by atomic mass is 28.3. The molecule has 6 nitrogen and oxygen atoms in total. The van der Waals surface area contributed by atoms with E-state index in [4.69, 9.17) is 4.74 Å². The molecule has 2 heterocycles. The van der Waals surface area contributed by atoms with Gasteiger partial charge in [0.2, 0.25) is 0 Å². The number of ether oxygens (including phenoxy) is 1. The molecule has 0 atom stereocenters. The Labute approximate surface area is 125 Å². The lowest BCUT2D eigenvalue weighted by atomic mass is 10.2. The van der Waals surface area contributed by atoms with E-state index in [1.807, 2.05) is 18.2 Å². The van der Waals surface area contributed by atoms with Gasteiger partial charge >= 0.3 is 5.97 Å². The van der Waals surface area contributed by atoms with Crippen LogP contribution in [0.1, 0.15) is 17.4 Å². The van der Waals surface area contributed by atoms with Gasteiger partial charge in [-0.25, -0.2) is 9.48 Å². The molecule has 0 radical (unpaired) electrons. The van der Waals surface area contributed by atoms with Crippen molar-refractivity contribution in [1.29, 1.82) is 0 Å². The Morgan fingerprint density at radius 3 is 2.67 bits per heavy atom. The number of aromatic nitrogens is 4. The molecule has 0 aliphatic carbocycles. The molecule has 21 heavy (non-hydrogen) atoms. The Bertz CT molecular complexity index is 620. The highest BCUT2D eigenvalue weighted by Crippen LogP contribution is 2.21. The van der Waals surface area contributed by atoms with E-state index < -0.39 is 14.0 Å². The number of hydrogen-bond donors (Lipinski definition) is 0. The van der Waals surface area contributed by atoms with E-state index in [-0.39, 0.29) is 0 Å². The number of carbonyl (C=O) groups is 1. The summed E-state index contributed by atoms with van der Waals surface area (Å²) in [5, 5.41) is 8.29. The van der Waals surface area contributed by atoms with Crippen molar-refractivity contribution in [3.05, 3.63) is 30.1 Å². The van der Waals surface area contributed by atoms with E-state index in [9.17, 15) is 4.79 Å². The van der Waals surface area contributed by atoms with Gasteiger partial charge in [-0.2, -0.15) is 0 Å². The lowest BCUT2D eigenvalue weighted by Gasteiger charge is -2.16. The van der Waals surface area contributed by atoms with Crippen LogP contribution in [0.4, 0.5) is 0 Å². The summed E-state index contributed by atoms with van der Waals surface area (Å²) in [6.45, 7) is 8.74. The van der Waals surface area contributed by atoms with Crippen molar-refractivity contribution < 1.29 is 9.53 Å². The van der Waals surface area contributed by atoms with Gasteiger partial charge in [-0.1, -0.05) is 30.9 Å². The van der Waals surface area contributed by atoms with E-state index >= 15 is 0 Å². The van der Waals surface area contributed by atoms with Crippen molar-refractivity contribution in [3.8, 4) is 11.4 Å². The Kier molecular flexibility index (Phi) is 4.52. The third-order valence-electron chi connectivity index (χ3n) is 2.74. The summed E-state index contributed by atoms with van der Waals surface area (Å²) in [6, 6.07) is 5.49. The van der Waals surface area contributed by atoms with Crippen LogP contribution in [0.3, 0.4) is 0 Å². The van der Waals surface area contributed by atoms with Gasteiger partial charge < -0.3 is 4.74 Å². The van der Waals surface area contributed by atoms with Crippen molar-refractivity contribution in [2.24, 2.45) is 0 Å². The standard InChI is InChI=1S/C14H20N4O2Si/c1-5-20-14(19)13-12(11-8-6-7-9-15-11)16-17-18(13)10-21(2,3)4/h6-9H,5,10H2,1-4H3. The lowest BCUT2D eigenvalue weighted by molar-refractivity contribution is 0.0514. The van der Waals surface area contributed by atoms with E-state index in [1.54, 1.807) is 17.8 Å². The normalized spacial score (nSPS) is 11.4. The van der Waals surface area contributed by atoms with Crippen molar-refractivity contribution in [3.63, 3.8) is 0 Å². The summed E-state index contributed by atoms with van der Waals surface area (Å²) >= 11 is 0. The molecule has 0 aliphatic heterocycles. The molecule has 0 aromatic carbocycles. The number of hydrogen-bond acceptors (Lipinski definition) is 5. The maximum atomic E-state index is 12.3. The maximum Gasteiger partial charge on any atom is 0.359 e. The largest absolute Gasteiger partial charge is 0.461 e. The van der Waals surface area contributed by atoms with Crippen LogP contribution >= 0.6 is 0 Å². The second-order valence-electron chi connectivity index (χ2n) is 5.94. The Morgan fingerprint density at radius 2 is 2.10 bits per heavy atom. The van der Waals surface area contributed by atoms with Crippen molar-refractivity contribution in [2.75, 3.05) is 6.61 Å². The molecule has 2 aromatic rings. The summed E-state index contributed by atoms with van der Waals surface area (Å²) < 4.78 is 6.81. The summed E-state index contributed by atoms with van der Waals surface area (Å²) in [4.78, 5) is 16.5. The van der Waals surface area contributed by atoms with Crippen LogP contribution in [0.5, 0.6) is 0 Å². The Balaban J connectivity index is 2.49. The smallest absolute Gasteiger partial charge is 0.359 e. The Hall–Kier alpha value is -2.02. The third kappa shape index (κ3) is 3.75. The molecular weight excluding hydrogens is 284 g/mol. The van der Waals surface area contributed by atoms with Crippen molar-refractivity contribution >= 4 is 14.0 Å². The molecule has 0 saturated carbocycles. The molecule has 0 N–H and O–H groups in total. The molecule has 2 rings (SSSR count). The van der Waals surface area contributed by atoms with E-state index in [2.05, 4.69) is 34.9 Å². The minimum atomic E-state index is -1.45. The van der Waals surface area contributed by atoms with Crippen LogP contribution in [0, 0.1) is 0 Å². The third-order valence-corrected chi connectivity index (χ3v) is 3.98. The van der Waals surface area contributed by atoms with Gasteiger partial charge in [-0.15, -0.1) is 5.10 Å². The first-order valence-corrected chi connectivity index (χ1v) is 10.6. The molecule has 2 aromatic heterocycles. The fraction of sp³-hybridized carbons (Fsp3) is 0.429. The molecule has 0 aliphatic rings. The molecule has 0 unspecified atom stereocenters. The summed E-state index contributed by atoms with van der Waals surface area (Å²) in [5.74, 6) is -0.401. The molecule has 0 bridgehead atoms. The minimum Gasteiger partial charge on any atom is -0.461 e. The summed E-state index contributed by atoms with van der Waals surface area (Å²) in [7, 11) is -1.45. The zero-order valence-corrected chi connectivity index (χ0v) is 13.8. The second-order valence-corrected chi connectivity index (χ2v) is 11.4. The number of rotatable bonds is 5. The van der Waals surface area contributed by atoms with Crippen molar-refractivity contribution in [2.45, 2.75) is 32.7 Å². The fourth-order valence-electron chi connectivity index (χ4n) is 1.95. The van der Waals surface area contributed by atoms with E-state index in [1.165, 1.54) is 0 Å². The quantitative estimate of drug-likeness (QED) is 0.626. The topological polar surface area (TPSA) is 69.9 Å². The minimum absolute atomic E-state index is 0.318. The van der Waals surface area contributed by atoms with Gasteiger partial charge in [-0.05, 0) is 19.1 Å². The number of nitrogens with zero attached hydrogens (tertiary/aromatic N) is 4. The van der Waals surface area contributed by atoms with Gasteiger partial charge in [0.15, 0.2) is 5.69 Å². The lowest BCUT2D eigenvalue weighted by Crippen LogP contribution is -2.31. The van der Waals surface area contributed by atoms with Crippen LogP contribution in [-0.4, -0.2) is 40.6 Å². The molecule has 0 saturated heterocycles. The number of esters is 1. The van der Waals surface area contributed by atoms with Crippen LogP contribution < -0.4 is 0 Å². The molecule has 0 amide bonds. The van der Waals surface area contributed by atoms with Gasteiger partial charge in [0.1, 0.15) is 5.69 Å². The molecule has 0 spiro atoms. The predicted molar refractivity (Wildman–Crippen MR) is 82.6 cm³/mol. The fourth-order valence-corrected chi connectivity index (χ4v) is 3.07. The van der Waals surface area contributed by atoms with Gasteiger partial charge in [0.05, 0.1) is 20.4 Å². The number of pyridine rings is 1. The summed E-state index contributed by atoms with van der Waals surface area (Å²) in [5.41, 5.74) is 1.49. The van der Waals surface area contributed by atoms with Crippen molar-refractivity contribution in [1.82, 2.24) is 20.0 Å². The Morgan fingerprint density at radius 1 is 1.33 bits per heavy atom. The monoisotopic (exact) mass is 304 g/mol. The highest BCUT2D eigenvalue weighted by Gasteiger charge is 2.26. The molecule has 0 fully saturated rings. The molecule has 112 valence electrons. The first-order valence-electron chi connectivity index (χ1n) is 6.94. The van der Waals surface area contributed by atoms with E-state index in [0.29, 0.717) is 29.9 Å². The first-order chi connectivity index (χ1) is 9.92. The van der Waals surface area contributed by atoms with Crippen LogP contribution in [0.2, 0.25) is 19.6 Å². The predicted octanol–water partition coefficient (Wildman–Crippen LogP) is 2.39. The van der Waals surface area contributed by atoms with Gasteiger partial charge in [0.25, 0.3) is 0 Å². The average Bonchev–Trinajstić information content (AvgIpc) is 2.81. The zero-order valence-electron chi connectivity index (χ0n) is 12.8. The second kappa shape index (κ2) is 6.17. The zero-order chi connectivity index (χ0) is 15.5. The summed E-state index contributed by atoms with van der Waals surface area (Å²) in [6.07, 6.45) is 2.38. The molecule has 7 heteroatoms. The average molecular weight is 304 g/mol.